The summed E-state index contributed by atoms with van der Waals surface area (Å²) >= 11 is 0. The first kappa shape index (κ1) is 18.6. The Balaban J connectivity index is 2.41. The van der Waals surface area contributed by atoms with Gasteiger partial charge in [0.25, 0.3) is 5.91 Å². The van der Waals surface area contributed by atoms with Crippen molar-refractivity contribution >= 4 is 23.5 Å². The van der Waals surface area contributed by atoms with Crippen LogP contribution in [0, 0.1) is 11.3 Å². The molecule has 1 aromatic heterocycles. The molecule has 0 saturated heterocycles. The smallest absolute Gasteiger partial charge is 0.303 e. The van der Waals surface area contributed by atoms with Gasteiger partial charge >= 0.3 is 5.97 Å². The normalized spacial score (nSPS) is 10.0. The molecule has 0 bridgehead atoms. The van der Waals surface area contributed by atoms with Crippen molar-refractivity contribution in [2.75, 3.05) is 11.9 Å². The number of ketones is 1. The number of Topliss-reactive ketones (excluding diaryl/α,β-unsaturated/α-hetero) is 1. The van der Waals surface area contributed by atoms with E-state index in [1.54, 1.807) is 36.4 Å². The number of amides is 1. The number of carboxylic acid groups (broad SMARTS) is 1. The van der Waals surface area contributed by atoms with Gasteiger partial charge in [-0.15, -0.1) is 0 Å². The Morgan fingerprint density at radius 2 is 1.85 bits per heavy atom. The third-order valence-corrected chi connectivity index (χ3v) is 3.60. The molecule has 0 saturated carbocycles. The summed E-state index contributed by atoms with van der Waals surface area (Å²) in [5.41, 5.74) is -0.295. The molecule has 1 amide bonds. The Labute approximate surface area is 148 Å². The summed E-state index contributed by atoms with van der Waals surface area (Å²) in [5.74, 6) is -2.97. The molecule has 0 radical (unpaired) electrons. The minimum Gasteiger partial charge on any atom is -0.504 e. The summed E-state index contributed by atoms with van der Waals surface area (Å²) in [6, 6.07) is 11.2. The first-order chi connectivity index (χ1) is 12.3. The highest BCUT2D eigenvalue weighted by molar-refractivity contribution is 6.06. The van der Waals surface area contributed by atoms with E-state index in [0.29, 0.717) is 5.56 Å². The molecule has 1 heterocycles. The number of benzene rings is 1. The summed E-state index contributed by atoms with van der Waals surface area (Å²) < 4.78 is 0. The molecule has 8 nitrogen and oxygen atoms in total. The van der Waals surface area contributed by atoms with E-state index in [9.17, 15) is 19.5 Å². The Hall–Kier alpha value is -3.73. The van der Waals surface area contributed by atoms with Crippen molar-refractivity contribution in [1.29, 1.82) is 5.26 Å². The van der Waals surface area contributed by atoms with E-state index in [2.05, 4.69) is 4.98 Å². The minimum atomic E-state index is -1.18. The Morgan fingerprint density at radius 1 is 1.19 bits per heavy atom. The number of aromatic nitrogens is 1. The maximum Gasteiger partial charge on any atom is 0.303 e. The van der Waals surface area contributed by atoms with Gasteiger partial charge in [0.05, 0.1) is 12.0 Å². The van der Waals surface area contributed by atoms with Gasteiger partial charge in [0.15, 0.2) is 17.2 Å². The summed E-state index contributed by atoms with van der Waals surface area (Å²) in [7, 11) is 1.42. The molecule has 0 spiro atoms. The molecule has 26 heavy (non-hydrogen) atoms. The predicted octanol–water partition coefficient (Wildman–Crippen LogP) is 1.98. The van der Waals surface area contributed by atoms with E-state index in [4.69, 9.17) is 10.4 Å². The SMILES string of the molecule is CN(C(=O)c1ccccc1)c1cc(C#N)c(O)c(C(=O)CCC(=O)O)n1. The van der Waals surface area contributed by atoms with Crippen LogP contribution >= 0.6 is 0 Å². The van der Waals surface area contributed by atoms with Crippen LogP contribution in [-0.2, 0) is 4.79 Å². The quantitative estimate of drug-likeness (QED) is 0.759. The van der Waals surface area contributed by atoms with Gasteiger partial charge in [-0.25, -0.2) is 4.98 Å². The average Bonchev–Trinajstić information content (AvgIpc) is 2.65. The van der Waals surface area contributed by atoms with Crippen molar-refractivity contribution in [3.05, 3.63) is 53.2 Å². The molecule has 0 aliphatic carbocycles. The van der Waals surface area contributed by atoms with Crippen molar-refractivity contribution in [3.8, 4) is 11.8 Å². The molecule has 2 rings (SSSR count). The monoisotopic (exact) mass is 353 g/mol. The van der Waals surface area contributed by atoms with E-state index in [1.807, 2.05) is 0 Å². The molecule has 0 aliphatic rings. The third kappa shape index (κ3) is 4.02. The third-order valence-electron chi connectivity index (χ3n) is 3.60. The first-order valence-electron chi connectivity index (χ1n) is 7.57. The second-order valence-corrected chi connectivity index (χ2v) is 5.38. The van der Waals surface area contributed by atoms with Gasteiger partial charge in [-0.2, -0.15) is 5.26 Å². The number of carbonyl (C=O) groups excluding carboxylic acids is 2. The Morgan fingerprint density at radius 3 is 2.42 bits per heavy atom. The van der Waals surface area contributed by atoms with Gasteiger partial charge in [-0.3, -0.25) is 19.3 Å². The number of aliphatic carboxylic acids is 1. The number of carbonyl (C=O) groups is 3. The molecule has 2 aromatic rings. The van der Waals surface area contributed by atoms with Crippen molar-refractivity contribution in [2.45, 2.75) is 12.8 Å². The number of aromatic hydroxyl groups is 1. The van der Waals surface area contributed by atoms with Gasteiger partial charge in [0.1, 0.15) is 11.9 Å². The largest absolute Gasteiger partial charge is 0.504 e. The lowest BCUT2D eigenvalue weighted by Gasteiger charge is -2.18. The fourth-order valence-electron chi connectivity index (χ4n) is 2.19. The molecule has 0 unspecified atom stereocenters. The van der Waals surface area contributed by atoms with Crippen LogP contribution in [0.15, 0.2) is 36.4 Å². The van der Waals surface area contributed by atoms with Crippen molar-refractivity contribution in [2.24, 2.45) is 0 Å². The zero-order valence-corrected chi connectivity index (χ0v) is 13.8. The zero-order chi connectivity index (χ0) is 19.3. The molecular weight excluding hydrogens is 338 g/mol. The highest BCUT2D eigenvalue weighted by Crippen LogP contribution is 2.27. The standard InChI is InChI=1S/C18H15N3O5/c1-21(18(26)11-5-3-2-4-6-11)14-9-12(10-19)17(25)16(20-14)13(22)7-8-15(23)24/h2-6,9,25H,7-8H2,1H3,(H,23,24). The van der Waals surface area contributed by atoms with Crippen molar-refractivity contribution in [1.82, 2.24) is 4.98 Å². The van der Waals surface area contributed by atoms with Crippen LogP contribution in [0.1, 0.15) is 39.3 Å². The molecular formula is C18H15N3O5. The average molecular weight is 353 g/mol. The zero-order valence-electron chi connectivity index (χ0n) is 13.8. The van der Waals surface area contributed by atoms with E-state index in [-0.39, 0.29) is 17.8 Å². The van der Waals surface area contributed by atoms with Crippen LogP contribution in [0.3, 0.4) is 0 Å². The summed E-state index contributed by atoms with van der Waals surface area (Å²) in [4.78, 5) is 40.4. The van der Waals surface area contributed by atoms with Gasteiger partial charge in [-0.05, 0) is 12.1 Å². The van der Waals surface area contributed by atoms with Crippen LogP contribution in [-0.4, -0.2) is 39.9 Å². The van der Waals surface area contributed by atoms with Crippen LogP contribution in [0.25, 0.3) is 0 Å². The second kappa shape index (κ2) is 7.90. The molecule has 2 N–H and O–H groups in total. The van der Waals surface area contributed by atoms with Crippen LogP contribution < -0.4 is 4.90 Å². The number of nitriles is 1. The lowest BCUT2D eigenvalue weighted by atomic mass is 10.1. The number of pyridine rings is 1. The van der Waals surface area contributed by atoms with Crippen molar-refractivity contribution in [3.63, 3.8) is 0 Å². The number of rotatable bonds is 6. The van der Waals surface area contributed by atoms with E-state index in [1.165, 1.54) is 13.1 Å². The predicted molar refractivity (Wildman–Crippen MR) is 91.0 cm³/mol. The molecule has 0 aliphatic heterocycles. The summed E-state index contributed by atoms with van der Waals surface area (Å²) in [6.07, 6.45) is -0.828. The maximum absolute atomic E-state index is 12.5. The number of anilines is 1. The lowest BCUT2D eigenvalue weighted by molar-refractivity contribution is -0.136. The van der Waals surface area contributed by atoms with Gasteiger partial charge in [-0.1, -0.05) is 18.2 Å². The molecule has 132 valence electrons. The highest BCUT2D eigenvalue weighted by Gasteiger charge is 2.22. The number of carboxylic acids is 1. The Bertz CT molecular complexity index is 903. The number of hydrogen-bond donors (Lipinski definition) is 2. The summed E-state index contributed by atoms with van der Waals surface area (Å²) in [6.45, 7) is 0. The van der Waals surface area contributed by atoms with Crippen molar-refractivity contribution < 1.29 is 24.6 Å². The van der Waals surface area contributed by atoms with Crippen LogP contribution in [0.2, 0.25) is 0 Å². The summed E-state index contributed by atoms with van der Waals surface area (Å²) in [5, 5.41) is 27.9. The lowest BCUT2D eigenvalue weighted by Crippen LogP contribution is -2.27. The second-order valence-electron chi connectivity index (χ2n) is 5.38. The fourth-order valence-corrected chi connectivity index (χ4v) is 2.19. The molecule has 1 aromatic carbocycles. The van der Waals surface area contributed by atoms with E-state index >= 15 is 0 Å². The first-order valence-corrected chi connectivity index (χ1v) is 7.57. The van der Waals surface area contributed by atoms with Gasteiger partial charge in [0, 0.05) is 25.1 Å². The Kier molecular flexibility index (Phi) is 5.65. The molecule has 0 atom stereocenters. The maximum atomic E-state index is 12.5. The number of hydrogen-bond acceptors (Lipinski definition) is 6. The van der Waals surface area contributed by atoms with Gasteiger partial charge < -0.3 is 10.2 Å². The minimum absolute atomic E-state index is 0.00752. The topological polar surface area (TPSA) is 132 Å². The van der Waals surface area contributed by atoms with Gasteiger partial charge in [0.2, 0.25) is 0 Å². The highest BCUT2D eigenvalue weighted by atomic mass is 16.4. The number of nitrogens with zero attached hydrogens (tertiary/aromatic N) is 3. The molecule has 0 fully saturated rings. The molecule has 8 heteroatoms. The van der Waals surface area contributed by atoms with Crippen LogP contribution in [0.5, 0.6) is 5.75 Å². The van der Waals surface area contributed by atoms with E-state index < -0.39 is 35.5 Å². The fraction of sp³-hybridized carbons (Fsp3) is 0.167. The van der Waals surface area contributed by atoms with Crippen LogP contribution in [0.4, 0.5) is 5.82 Å². The van der Waals surface area contributed by atoms with E-state index in [0.717, 1.165) is 4.90 Å².